The molecular formula is C21H23N3O2S3. The molecule has 0 bridgehead atoms. The molecule has 0 spiro atoms. The predicted molar refractivity (Wildman–Crippen MR) is 121 cm³/mol. The van der Waals surface area contributed by atoms with Crippen molar-refractivity contribution in [2.75, 3.05) is 12.3 Å². The Hall–Kier alpha value is -1.64. The number of carbonyl (C=O) groups excluding carboxylic acids is 1. The molecule has 5 nitrogen and oxygen atoms in total. The molecule has 3 aromatic rings. The molecule has 1 fully saturated rings. The lowest BCUT2D eigenvalue weighted by Gasteiger charge is -2.23. The summed E-state index contributed by atoms with van der Waals surface area (Å²) in [5, 5.41) is 2.89. The smallest absolute Gasteiger partial charge is 0.259 e. The second kappa shape index (κ2) is 8.24. The SMILES string of the molecule is O=C(CCSCc1nc2sc3c(c2c(=O)[nH]1)CCC3)N1CCCC1c1cccs1. The summed E-state index contributed by atoms with van der Waals surface area (Å²) in [4.78, 5) is 38.4. The van der Waals surface area contributed by atoms with Gasteiger partial charge in [0.2, 0.25) is 5.91 Å². The first kappa shape index (κ1) is 19.3. The number of aromatic amines is 1. The zero-order valence-electron chi connectivity index (χ0n) is 16.1. The molecule has 1 saturated heterocycles. The zero-order valence-corrected chi connectivity index (χ0v) is 18.6. The van der Waals surface area contributed by atoms with Crippen LogP contribution < -0.4 is 5.56 Å². The monoisotopic (exact) mass is 445 g/mol. The van der Waals surface area contributed by atoms with Crippen LogP contribution in [0.1, 0.15) is 52.9 Å². The zero-order chi connectivity index (χ0) is 19.8. The summed E-state index contributed by atoms with van der Waals surface area (Å²) in [5.74, 6) is 2.34. The molecule has 2 aliphatic rings. The third kappa shape index (κ3) is 3.78. The maximum Gasteiger partial charge on any atom is 0.259 e. The normalized spacial score (nSPS) is 18.6. The van der Waals surface area contributed by atoms with Crippen LogP contribution in [-0.4, -0.2) is 33.1 Å². The molecule has 152 valence electrons. The van der Waals surface area contributed by atoms with Crippen molar-refractivity contribution in [1.29, 1.82) is 0 Å². The van der Waals surface area contributed by atoms with Crippen LogP contribution in [0, 0.1) is 0 Å². The van der Waals surface area contributed by atoms with Gasteiger partial charge in [0.05, 0.1) is 17.2 Å². The van der Waals surface area contributed by atoms with Crippen molar-refractivity contribution in [3.63, 3.8) is 0 Å². The van der Waals surface area contributed by atoms with E-state index in [0.717, 1.165) is 60.4 Å². The van der Waals surface area contributed by atoms with Crippen LogP contribution in [0.3, 0.4) is 0 Å². The van der Waals surface area contributed by atoms with E-state index in [-0.39, 0.29) is 17.5 Å². The van der Waals surface area contributed by atoms with E-state index in [1.165, 1.54) is 15.3 Å². The number of fused-ring (bicyclic) bond motifs is 3. The van der Waals surface area contributed by atoms with Crippen molar-refractivity contribution < 1.29 is 4.79 Å². The highest BCUT2D eigenvalue weighted by molar-refractivity contribution is 7.98. The summed E-state index contributed by atoms with van der Waals surface area (Å²) in [5.41, 5.74) is 1.21. The number of hydrogen-bond acceptors (Lipinski definition) is 6. The van der Waals surface area contributed by atoms with E-state index in [4.69, 9.17) is 0 Å². The molecule has 4 heterocycles. The molecule has 1 aliphatic heterocycles. The molecule has 1 unspecified atom stereocenters. The molecular weight excluding hydrogens is 422 g/mol. The minimum absolute atomic E-state index is 0.00284. The van der Waals surface area contributed by atoms with Crippen molar-refractivity contribution in [2.45, 2.75) is 50.3 Å². The molecule has 3 aromatic heterocycles. The number of likely N-dealkylation sites (tertiary alicyclic amines) is 1. The van der Waals surface area contributed by atoms with Gasteiger partial charge in [0, 0.05) is 28.5 Å². The second-order valence-corrected chi connectivity index (χ2v) is 10.8. The number of aromatic nitrogens is 2. The molecule has 1 atom stereocenters. The summed E-state index contributed by atoms with van der Waals surface area (Å²) >= 11 is 5.08. The van der Waals surface area contributed by atoms with Crippen LogP contribution >= 0.6 is 34.4 Å². The number of H-pyrrole nitrogens is 1. The Morgan fingerprint density at radius 3 is 3.14 bits per heavy atom. The first-order chi connectivity index (χ1) is 14.2. The topological polar surface area (TPSA) is 66.1 Å². The Balaban J connectivity index is 1.18. The molecule has 0 aromatic carbocycles. The van der Waals surface area contributed by atoms with Crippen LogP contribution in [0.4, 0.5) is 0 Å². The van der Waals surface area contributed by atoms with Gasteiger partial charge in [0.25, 0.3) is 5.56 Å². The van der Waals surface area contributed by atoms with Crippen LogP contribution in [0.25, 0.3) is 10.2 Å². The van der Waals surface area contributed by atoms with Gasteiger partial charge in [-0.05, 0) is 49.1 Å². The van der Waals surface area contributed by atoms with E-state index in [0.29, 0.717) is 12.2 Å². The molecule has 1 N–H and O–H groups in total. The maximum atomic E-state index is 12.7. The Labute approximate surface area is 181 Å². The fraction of sp³-hybridized carbons (Fsp3) is 0.476. The van der Waals surface area contributed by atoms with Crippen molar-refractivity contribution in [1.82, 2.24) is 14.9 Å². The van der Waals surface area contributed by atoms with Gasteiger partial charge in [-0.3, -0.25) is 9.59 Å². The quantitative estimate of drug-likeness (QED) is 0.567. The van der Waals surface area contributed by atoms with E-state index < -0.39 is 0 Å². The molecule has 29 heavy (non-hydrogen) atoms. The van der Waals surface area contributed by atoms with Crippen molar-refractivity contribution in [3.05, 3.63) is 49.0 Å². The maximum absolute atomic E-state index is 12.7. The molecule has 0 radical (unpaired) electrons. The average molecular weight is 446 g/mol. The fourth-order valence-corrected chi connectivity index (χ4v) is 7.38. The minimum atomic E-state index is -0.00284. The second-order valence-electron chi connectivity index (χ2n) is 7.61. The highest BCUT2D eigenvalue weighted by atomic mass is 32.2. The number of aryl methyl sites for hydroxylation is 2. The summed E-state index contributed by atoms with van der Waals surface area (Å²) < 4.78 is 0. The van der Waals surface area contributed by atoms with Crippen LogP contribution in [0.5, 0.6) is 0 Å². The van der Waals surface area contributed by atoms with E-state index in [9.17, 15) is 9.59 Å². The van der Waals surface area contributed by atoms with Gasteiger partial charge in [-0.15, -0.1) is 22.7 Å². The molecule has 0 saturated carbocycles. The number of thiophene rings is 2. The number of thioether (sulfide) groups is 1. The summed E-state index contributed by atoms with van der Waals surface area (Å²) in [6.07, 6.45) is 5.90. The van der Waals surface area contributed by atoms with Crippen molar-refractivity contribution in [2.24, 2.45) is 0 Å². The number of nitrogens with one attached hydrogen (secondary N) is 1. The van der Waals surface area contributed by atoms with E-state index >= 15 is 0 Å². The molecule has 1 amide bonds. The number of amides is 1. The van der Waals surface area contributed by atoms with Gasteiger partial charge in [-0.2, -0.15) is 11.8 Å². The number of nitrogens with zero attached hydrogens (tertiary/aromatic N) is 2. The molecule has 1 aliphatic carbocycles. The first-order valence-corrected chi connectivity index (χ1v) is 13.0. The van der Waals surface area contributed by atoms with E-state index in [2.05, 4.69) is 27.5 Å². The summed E-state index contributed by atoms with van der Waals surface area (Å²) in [6, 6.07) is 4.45. The minimum Gasteiger partial charge on any atom is -0.335 e. The van der Waals surface area contributed by atoms with Crippen LogP contribution in [0.15, 0.2) is 22.3 Å². The highest BCUT2D eigenvalue weighted by Gasteiger charge is 2.30. The molecule has 8 heteroatoms. The summed E-state index contributed by atoms with van der Waals surface area (Å²) in [7, 11) is 0. The first-order valence-electron chi connectivity index (χ1n) is 10.1. The Morgan fingerprint density at radius 1 is 1.34 bits per heavy atom. The average Bonchev–Trinajstić information content (AvgIpc) is 3.48. The van der Waals surface area contributed by atoms with E-state index in [1.54, 1.807) is 34.4 Å². The molecule has 5 rings (SSSR count). The lowest BCUT2D eigenvalue weighted by atomic mass is 10.2. The number of rotatable bonds is 6. The van der Waals surface area contributed by atoms with Gasteiger partial charge in [-0.25, -0.2) is 4.98 Å². The Kier molecular flexibility index (Phi) is 5.49. The highest BCUT2D eigenvalue weighted by Crippen LogP contribution is 2.36. The van der Waals surface area contributed by atoms with E-state index in [1.807, 2.05) is 4.90 Å². The largest absolute Gasteiger partial charge is 0.335 e. The van der Waals surface area contributed by atoms with Gasteiger partial charge in [0.1, 0.15) is 10.7 Å². The lowest BCUT2D eigenvalue weighted by Crippen LogP contribution is -2.30. The third-order valence-corrected chi connectivity index (χ3v) is 8.90. The van der Waals surface area contributed by atoms with Crippen LogP contribution in [-0.2, 0) is 23.4 Å². The fourth-order valence-electron chi connectivity index (χ4n) is 4.43. The van der Waals surface area contributed by atoms with Gasteiger partial charge >= 0.3 is 0 Å². The van der Waals surface area contributed by atoms with Crippen LogP contribution in [0.2, 0.25) is 0 Å². The van der Waals surface area contributed by atoms with Crippen molar-refractivity contribution >= 4 is 50.6 Å². The number of hydrogen-bond donors (Lipinski definition) is 1. The predicted octanol–water partition coefficient (Wildman–Crippen LogP) is 4.52. The lowest BCUT2D eigenvalue weighted by molar-refractivity contribution is -0.131. The summed E-state index contributed by atoms with van der Waals surface area (Å²) in [6.45, 7) is 0.862. The van der Waals surface area contributed by atoms with Crippen molar-refractivity contribution in [3.8, 4) is 0 Å². The Bertz CT molecular complexity index is 1090. The van der Waals surface area contributed by atoms with Gasteiger partial charge in [0.15, 0.2) is 0 Å². The Morgan fingerprint density at radius 2 is 2.28 bits per heavy atom. The standard InChI is InChI=1S/C21H23N3O2S3/c25-18(24-9-2-5-14(24)16-7-3-10-28-16)8-11-27-12-17-22-20(26)19-13-4-1-6-15(13)29-21(19)23-17/h3,7,10,14H,1-2,4-6,8-9,11-12H2,(H,22,23,26). The van der Waals surface area contributed by atoms with Gasteiger partial charge < -0.3 is 9.88 Å². The number of carbonyl (C=O) groups is 1. The van der Waals surface area contributed by atoms with Gasteiger partial charge in [-0.1, -0.05) is 6.07 Å². The third-order valence-electron chi connectivity index (χ3n) is 5.77.